The summed E-state index contributed by atoms with van der Waals surface area (Å²) >= 11 is 0. The summed E-state index contributed by atoms with van der Waals surface area (Å²) in [6.07, 6.45) is 0.905. The van der Waals surface area contributed by atoms with Crippen LogP contribution in [-0.2, 0) is 0 Å². The number of aromatic carboxylic acids is 1. The Kier molecular flexibility index (Phi) is 3.17. The number of aromatic nitrogens is 2. The normalized spacial score (nSPS) is 12.5. The molecule has 0 bridgehead atoms. The van der Waals surface area contributed by atoms with Crippen LogP contribution in [0.3, 0.4) is 0 Å². The molecule has 1 unspecified atom stereocenters. The molecule has 1 heterocycles. The second-order valence-electron chi connectivity index (χ2n) is 3.37. The predicted molar refractivity (Wildman–Crippen MR) is 52.4 cm³/mol. The molecular formula is C10H14N2O2. The van der Waals surface area contributed by atoms with Crippen LogP contribution in [0, 0.1) is 6.92 Å². The molecule has 0 radical (unpaired) electrons. The van der Waals surface area contributed by atoms with Gasteiger partial charge in [0.15, 0.2) is 5.69 Å². The third kappa shape index (κ3) is 2.28. The molecular weight excluding hydrogens is 180 g/mol. The molecule has 14 heavy (non-hydrogen) atoms. The highest BCUT2D eigenvalue weighted by Gasteiger charge is 2.12. The van der Waals surface area contributed by atoms with E-state index in [1.807, 2.05) is 13.8 Å². The van der Waals surface area contributed by atoms with Gasteiger partial charge in [-0.2, -0.15) is 0 Å². The van der Waals surface area contributed by atoms with Crippen molar-refractivity contribution in [1.82, 2.24) is 9.97 Å². The highest BCUT2D eigenvalue weighted by Crippen LogP contribution is 2.14. The average Bonchev–Trinajstić information content (AvgIpc) is 2.15. The molecule has 1 atom stereocenters. The van der Waals surface area contributed by atoms with Gasteiger partial charge in [0.2, 0.25) is 0 Å². The van der Waals surface area contributed by atoms with E-state index in [-0.39, 0.29) is 11.6 Å². The molecule has 0 aliphatic carbocycles. The minimum absolute atomic E-state index is 0.0767. The highest BCUT2D eigenvalue weighted by molar-refractivity contribution is 5.85. The van der Waals surface area contributed by atoms with Crippen LogP contribution in [0.2, 0.25) is 0 Å². The number of carboxylic acids is 1. The molecule has 1 aromatic heterocycles. The minimum atomic E-state index is -1.000. The van der Waals surface area contributed by atoms with Crippen molar-refractivity contribution in [2.24, 2.45) is 0 Å². The number of aryl methyl sites for hydroxylation is 1. The molecule has 0 aliphatic heterocycles. The number of nitrogens with zero attached hydrogens (tertiary/aromatic N) is 2. The summed E-state index contributed by atoms with van der Waals surface area (Å²) in [6, 6.07) is 1.48. The second-order valence-corrected chi connectivity index (χ2v) is 3.37. The number of rotatable bonds is 3. The van der Waals surface area contributed by atoms with Crippen LogP contribution < -0.4 is 0 Å². The fourth-order valence-corrected chi connectivity index (χ4v) is 1.10. The molecule has 0 spiro atoms. The molecule has 1 N–H and O–H groups in total. The monoisotopic (exact) mass is 194 g/mol. The zero-order valence-electron chi connectivity index (χ0n) is 8.61. The van der Waals surface area contributed by atoms with E-state index >= 15 is 0 Å². The van der Waals surface area contributed by atoms with Gasteiger partial charge >= 0.3 is 5.97 Å². The van der Waals surface area contributed by atoms with Crippen molar-refractivity contribution >= 4 is 5.97 Å². The lowest BCUT2D eigenvalue weighted by Crippen LogP contribution is -2.08. The third-order valence-electron chi connectivity index (χ3n) is 2.14. The zero-order chi connectivity index (χ0) is 10.7. The minimum Gasteiger partial charge on any atom is -0.477 e. The fourth-order valence-electron chi connectivity index (χ4n) is 1.10. The van der Waals surface area contributed by atoms with Crippen molar-refractivity contribution in [3.8, 4) is 0 Å². The van der Waals surface area contributed by atoms with E-state index in [1.54, 1.807) is 6.92 Å². The van der Waals surface area contributed by atoms with E-state index in [2.05, 4.69) is 9.97 Å². The summed E-state index contributed by atoms with van der Waals surface area (Å²) in [5, 5.41) is 8.80. The lowest BCUT2D eigenvalue weighted by Gasteiger charge is -2.08. The molecule has 1 aromatic rings. The highest BCUT2D eigenvalue weighted by atomic mass is 16.4. The Hall–Kier alpha value is -1.45. The Morgan fingerprint density at radius 2 is 2.21 bits per heavy atom. The van der Waals surface area contributed by atoms with Crippen LogP contribution in [0.15, 0.2) is 6.07 Å². The van der Waals surface area contributed by atoms with Gasteiger partial charge in [0.25, 0.3) is 0 Å². The van der Waals surface area contributed by atoms with E-state index < -0.39 is 5.97 Å². The molecule has 0 saturated heterocycles. The van der Waals surface area contributed by atoms with Crippen molar-refractivity contribution in [2.45, 2.75) is 33.1 Å². The SMILES string of the molecule is CCC(C)c1nc(C)cc(C(=O)O)n1. The zero-order valence-corrected chi connectivity index (χ0v) is 8.61. The van der Waals surface area contributed by atoms with E-state index in [0.717, 1.165) is 6.42 Å². The topological polar surface area (TPSA) is 63.1 Å². The van der Waals surface area contributed by atoms with Crippen molar-refractivity contribution < 1.29 is 9.90 Å². The maximum Gasteiger partial charge on any atom is 0.354 e. The first-order chi connectivity index (χ1) is 6.54. The Morgan fingerprint density at radius 3 is 2.71 bits per heavy atom. The van der Waals surface area contributed by atoms with Crippen LogP contribution in [0.1, 0.15) is 48.2 Å². The average molecular weight is 194 g/mol. The lowest BCUT2D eigenvalue weighted by molar-refractivity contribution is 0.0689. The molecule has 0 saturated carbocycles. The first kappa shape index (κ1) is 10.6. The van der Waals surface area contributed by atoms with Gasteiger partial charge in [0.1, 0.15) is 5.82 Å². The molecule has 1 rings (SSSR count). The van der Waals surface area contributed by atoms with Crippen molar-refractivity contribution in [3.05, 3.63) is 23.3 Å². The molecule has 0 aromatic carbocycles. The maximum absolute atomic E-state index is 10.7. The third-order valence-corrected chi connectivity index (χ3v) is 2.14. The lowest BCUT2D eigenvalue weighted by atomic mass is 10.1. The Morgan fingerprint density at radius 1 is 1.57 bits per heavy atom. The largest absolute Gasteiger partial charge is 0.477 e. The summed E-state index contributed by atoms with van der Waals surface area (Å²) in [6.45, 7) is 5.79. The van der Waals surface area contributed by atoms with Crippen molar-refractivity contribution in [1.29, 1.82) is 0 Å². The fraction of sp³-hybridized carbons (Fsp3) is 0.500. The Balaban J connectivity index is 3.13. The first-order valence-electron chi connectivity index (χ1n) is 4.63. The van der Waals surface area contributed by atoms with Crippen LogP contribution in [-0.4, -0.2) is 21.0 Å². The van der Waals surface area contributed by atoms with Gasteiger partial charge in [0, 0.05) is 11.6 Å². The summed E-state index contributed by atoms with van der Waals surface area (Å²) < 4.78 is 0. The number of carboxylic acid groups (broad SMARTS) is 1. The first-order valence-corrected chi connectivity index (χ1v) is 4.63. The van der Waals surface area contributed by atoms with E-state index in [4.69, 9.17) is 5.11 Å². The summed E-state index contributed by atoms with van der Waals surface area (Å²) in [4.78, 5) is 18.9. The van der Waals surface area contributed by atoms with Gasteiger partial charge in [-0.15, -0.1) is 0 Å². The van der Waals surface area contributed by atoms with E-state index in [0.29, 0.717) is 11.5 Å². The Bertz CT molecular complexity index is 350. The Labute approximate surface area is 83.0 Å². The summed E-state index contributed by atoms with van der Waals surface area (Å²) in [7, 11) is 0. The second kappa shape index (κ2) is 4.17. The van der Waals surface area contributed by atoms with E-state index in [1.165, 1.54) is 6.07 Å². The maximum atomic E-state index is 10.7. The molecule has 76 valence electrons. The van der Waals surface area contributed by atoms with Crippen LogP contribution in [0.4, 0.5) is 0 Å². The van der Waals surface area contributed by atoms with Crippen LogP contribution >= 0.6 is 0 Å². The quantitative estimate of drug-likeness (QED) is 0.799. The van der Waals surface area contributed by atoms with Gasteiger partial charge in [-0.1, -0.05) is 13.8 Å². The molecule has 0 fully saturated rings. The number of hydrogen-bond donors (Lipinski definition) is 1. The molecule has 4 heteroatoms. The molecule has 4 nitrogen and oxygen atoms in total. The molecule has 0 aliphatic rings. The van der Waals surface area contributed by atoms with Crippen LogP contribution in [0.25, 0.3) is 0 Å². The molecule has 0 amide bonds. The van der Waals surface area contributed by atoms with E-state index in [9.17, 15) is 4.79 Å². The van der Waals surface area contributed by atoms with Gasteiger partial charge < -0.3 is 5.11 Å². The summed E-state index contributed by atoms with van der Waals surface area (Å²) in [5.41, 5.74) is 0.778. The van der Waals surface area contributed by atoms with Gasteiger partial charge in [-0.05, 0) is 19.4 Å². The number of carbonyl (C=O) groups is 1. The smallest absolute Gasteiger partial charge is 0.354 e. The van der Waals surface area contributed by atoms with Crippen molar-refractivity contribution in [3.63, 3.8) is 0 Å². The van der Waals surface area contributed by atoms with Crippen LogP contribution in [0.5, 0.6) is 0 Å². The van der Waals surface area contributed by atoms with Gasteiger partial charge in [-0.3, -0.25) is 0 Å². The summed E-state index contributed by atoms with van der Waals surface area (Å²) in [5.74, 6) is -0.182. The number of hydrogen-bond acceptors (Lipinski definition) is 3. The van der Waals surface area contributed by atoms with Crippen molar-refractivity contribution in [2.75, 3.05) is 0 Å². The van der Waals surface area contributed by atoms with Gasteiger partial charge in [0.05, 0.1) is 0 Å². The standard InChI is InChI=1S/C10H14N2O2/c1-4-6(2)9-11-7(3)5-8(12-9)10(13)14/h5-6H,4H2,1-3H3,(H,13,14). The van der Waals surface area contributed by atoms with Gasteiger partial charge in [-0.25, -0.2) is 14.8 Å². The predicted octanol–water partition coefficient (Wildman–Crippen LogP) is 2.00.